The van der Waals surface area contributed by atoms with Gasteiger partial charge >= 0.3 is 5.69 Å². The van der Waals surface area contributed by atoms with Crippen LogP contribution in [0.1, 0.15) is 6.23 Å². The maximum Gasteiger partial charge on any atom is 0.351 e. The van der Waals surface area contributed by atoms with Gasteiger partial charge in [0.2, 0.25) is 5.67 Å². The zero-order valence-corrected chi connectivity index (χ0v) is 11.1. The molecular weight excluding hydrogens is 312 g/mol. The van der Waals surface area contributed by atoms with Crippen LogP contribution in [0.2, 0.25) is 0 Å². The second-order valence-electron chi connectivity index (χ2n) is 4.31. The molecule has 1 unspecified atom stereocenters. The Morgan fingerprint density at radius 2 is 2.33 bits per heavy atom. The monoisotopic (exact) mass is 321 g/mol. The highest BCUT2D eigenvalue weighted by Crippen LogP contribution is 2.40. The van der Waals surface area contributed by atoms with Gasteiger partial charge in [0.25, 0.3) is 0 Å². The van der Waals surface area contributed by atoms with Crippen LogP contribution in [-0.4, -0.2) is 44.2 Å². The van der Waals surface area contributed by atoms with E-state index in [1.54, 1.807) is 5.38 Å². The number of alkyl halides is 1. The van der Waals surface area contributed by atoms with Crippen LogP contribution in [0, 0.1) is 17.1 Å². The Bertz CT molecular complexity index is 674. The quantitative estimate of drug-likeness (QED) is 0.610. The van der Waals surface area contributed by atoms with Gasteiger partial charge in [0.1, 0.15) is 12.2 Å². The summed E-state index contributed by atoms with van der Waals surface area (Å²) in [6.07, 6.45) is -4.53. The van der Waals surface area contributed by atoms with Crippen LogP contribution >= 0.6 is 11.6 Å². The summed E-state index contributed by atoms with van der Waals surface area (Å²) in [5, 5.41) is 20.6. The smallest absolute Gasteiger partial charge is 0.351 e. The number of ether oxygens (including phenoxy) is 1. The number of rotatable bonds is 2. The molecule has 1 saturated heterocycles. The minimum atomic E-state index is -2.83. The molecular formula is C11H10ClF2N3O4. The lowest BCUT2D eigenvalue weighted by molar-refractivity contribution is -0.0546. The normalized spacial score (nSPS) is 31.8. The van der Waals surface area contributed by atoms with Crippen LogP contribution in [-0.2, 0) is 4.74 Å². The van der Waals surface area contributed by atoms with Crippen molar-refractivity contribution in [1.29, 1.82) is 0 Å². The van der Waals surface area contributed by atoms with Gasteiger partial charge in [-0.25, -0.2) is 13.6 Å². The number of aliphatic hydroxyl groups is 2. The molecule has 114 valence electrons. The van der Waals surface area contributed by atoms with Gasteiger partial charge in [0.05, 0.1) is 12.8 Å². The maximum atomic E-state index is 14.8. The number of halogens is 3. The molecule has 1 fully saturated rings. The number of hydrogen-bond acceptors (Lipinski definition) is 6. The predicted octanol–water partition coefficient (Wildman–Crippen LogP) is -0.877. The molecule has 1 aliphatic heterocycles. The average Bonchev–Trinajstić information content (AvgIpc) is 2.67. The topological polar surface area (TPSA) is 111 Å². The molecule has 1 aliphatic rings. The Balaban J connectivity index is 2.58. The van der Waals surface area contributed by atoms with Crippen LogP contribution in [0.4, 0.5) is 14.6 Å². The maximum absolute atomic E-state index is 14.8. The fourth-order valence-corrected chi connectivity index (χ4v) is 2.15. The van der Waals surface area contributed by atoms with Crippen molar-refractivity contribution < 1.29 is 23.7 Å². The fraction of sp³-hybridized carbons (Fsp3) is 0.455. The molecule has 2 rings (SSSR count). The first-order valence-corrected chi connectivity index (χ1v) is 6.03. The molecule has 0 aliphatic carbocycles. The molecule has 10 heteroatoms. The second kappa shape index (κ2) is 5.57. The van der Waals surface area contributed by atoms with E-state index in [4.69, 9.17) is 27.2 Å². The number of nitrogen functional groups attached to an aromatic ring is 1. The second-order valence-corrected chi connectivity index (χ2v) is 4.49. The summed E-state index contributed by atoms with van der Waals surface area (Å²) >= 11 is 5.15. The van der Waals surface area contributed by atoms with E-state index in [1.807, 2.05) is 5.92 Å². The van der Waals surface area contributed by atoms with E-state index in [0.717, 1.165) is 0 Å². The molecule has 4 atom stereocenters. The highest BCUT2D eigenvalue weighted by Gasteiger charge is 2.58. The molecule has 7 nitrogen and oxygen atoms in total. The summed E-state index contributed by atoms with van der Waals surface area (Å²) in [5.74, 6) is 0.119. The number of anilines is 1. The summed E-state index contributed by atoms with van der Waals surface area (Å²) in [7, 11) is 0. The van der Waals surface area contributed by atoms with Crippen LogP contribution in [0.15, 0.2) is 11.0 Å². The first-order valence-electron chi connectivity index (χ1n) is 5.65. The van der Waals surface area contributed by atoms with Crippen molar-refractivity contribution in [2.45, 2.75) is 24.1 Å². The lowest BCUT2D eigenvalue weighted by atomic mass is 9.97. The zero-order chi connectivity index (χ0) is 15.8. The molecule has 0 bridgehead atoms. The van der Waals surface area contributed by atoms with E-state index < -0.39 is 48.0 Å². The summed E-state index contributed by atoms with van der Waals surface area (Å²) < 4.78 is 33.7. The molecule has 1 aromatic rings. The number of aromatic nitrogens is 2. The molecule has 0 spiro atoms. The van der Waals surface area contributed by atoms with E-state index in [-0.39, 0.29) is 0 Å². The number of nitrogens with two attached hydrogens (primary N) is 1. The lowest BCUT2D eigenvalue weighted by Crippen LogP contribution is -2.44. The van der Waals surface area contributed by atoms with Gasteiger partial charge in [0.15, 0.2) is 17.9 Å². The molecule has 4 N–H and O–H groups in total. The van der Waals surface area contributed by atoms with Gasteiger partial charge in [-0.15, -0.1) is 0 Å². The summed E-state index contributed by atoms with van der Waals surface area (Å²) in [5.41, 5.74) is 1.18. The van der Waals surface area contributed by atoms with E-state index in [0.29, 0.717) is 10.8 Å². The number of aliphatic hydroxyl groups excluding tert-OH is 2. The van der Waals surface area contributed by atoms with E-state index >= 15 is 0 Å². The molecule has 1 aromatic heterocycles. The molecule has 0 aromatic carbocycles. The van der Waals surface area contributed by atoms with Crippen LogP contribution < -0.4 is 11.4 Å². The molecule has 21 heavy (non-hydrogen) atoms. The summed E-state index contributed by atoms with van der Waals surface area (Å²) in [6.45, 7) is -0.743. The van der Waals surface area contributed by atoms with Gasteiger partial charge in [-0.05, 0) is 17.5 Å². The number of hydrogen-bond donors (Lipinski definition) is 3. The Morgan fingerprint density at radius 1 is 1.67 bits per heavy atom. The molecule has 0 saturated carbocycles. The van der Waals surface area contributed by atoms with Crippen LogP contribution in [0.25, 0.3) is 0 Å². The fourth-order valence-electron chi connectivity index (χ4n) is 2.00. The van der Waals surface area contributed by atoms with Crippen molar-refractivity contribution in [2.24, 2.45) is 0 Å². The molecule has 0 amide bonds. The highest BCUT2D eigenvalue weighted by molar-refractivity contribution is 6.30. The Morgan fingerprint density at radius 3 is 2.90 bits per heavy atom. The van der Waals surface area contributed by atoms with Crippen molar-refractivity contribution >= 4 is 17.4 Å². The van der Waals surface area contributed by atoms with Gasteiger partial charge < -0.3 is 20.7 Å². The highest BCUT2D eigenvalue weighted by atomic mass is 35.5. The van der Waals surface area contributed by atoms with E-state index in [1.165, 1.54) is 0 Å². The SMILES string of the molecule is Nc1nc(=O)n([C@@H]2O[C@H](CO)[C@H](O)C2(F)C#CCl)cc1F. The zero-order valence-electron chi connectivity index (χ0n) is 10.3. The van der Waals surface area contributed by atoms with Crippen LogP contribution in [0.5, 0.6) is 0 Å². The molecule has 0 radical (unpaired) electrons. The van der Waals surface area contributed by atoms with Gasteiger partial charge in [-0.2, -0.15) is 4.98 Å². The lowest BCUT2D eigenvalue weighted by Gasteiger charge is -2.23. The first kappa shape index (κ1) is 15.7. The minimum Gasteiger partial charge on any atom is -0.394 e. The summed E-state index contributed by atoms with van der Waals surface area (Å²) in [4.78, 5) is 14.9. The Labute approximate surface area is 121 Å². The average molecular weight is 322 g/mol. The van der Waals surface area contributed by atoms with Crippen molar-refractivity contribution in [1.82, 2.24) is 9.55 Å². The van der Waals surface area contributed by atoms with Crippen molar-refractivity contribution in [3.05, 3.63) is 22.5 Å². The van der Waals surface area contributed by atoms with Gasteiger partial charge in [0, 0.05) is 5.38 Å². The number of nitrogens with zero attached hydrogens (tertiary/aromatic N) is 2. The van der Waals surface area contributed by atoms with Crippen molar-refractivity contribution in [2.75, 3.05) is 12.3 Å². The van der Waals surface area contributed by atoms with E-state index in [9.17, 15) is 18.7 Å². The molecule has 2 heterocycles. The third-order valence-corrected chi connectivity index (χ3v) is 3.15. The van der Waals surface area contributed by atoms with Gasteiger partial charge in [-0.3, -0.25) is 4.57 Å². The minimum absolute atomic E-state index is 0.450. The Hall–Kier alpha value is -1.73. The Kier molecular flexibility index (Phi) is 4.15. The largest absolute Gasteiger partial charge is 0.394 e. The van der Waals surface area contributed by atoms with E-state index in [2.05, 4.69) is 4.98 Å². The first-order chi connectivity index (χ1) is 9.85. The standard InChI is InChI=1S/C11H10ClF2N3O4/c12-2-1-11(14)7(19)6(4-18)21-9(11)17-3-5(13)8(15)16-10(17)20/h3,6-7,9,18-19H,4H2,(H2,15,16,20)/t6-,7+,9-,11?/m1/s1. The third kappa shape index (κ3) is 2.47. The van der Waals surface area contributed by atoms with Crippen molar-refractivity contribution in [3.63, 3.8) is 0 Å². The van der Waals surface area contributed by atoms with Crippen LogP contribution in [0.3, 0.4) is 0 Å². The van der Waals surface area contributed by atoms with Gasteiger partial charge in [-0.1, -0.05) is 0 Å². The third-order valence-electron chi connectivity index (χ3n) is 3.05. The predicted molar refractivity (Wildman–Crippen MR) is 67.3 cm³/mol. The summed E-state index contributed by atoms with van der Waals surface area (Å²) in [6, 6.07) is 0. The van der Waals surface area contributed by atoms with Crippen molar-refractivity contribution in [3.8, 4) is 11.3 Å².